The number of hydrogen-bond donors (Lipinski definition) is 2. The molecule has 0 atom stereocenters. The molecular formula is C31H31N9O4. The van der Waals surface area contributed by atoms with Gasteiger partial charge in [-0.3, -0.25) is 18.9 Å². The number of aryl methyl sites for hydroxylation is 1. The molecule has 224 valence electrons. The van der Waals surface area contributed by atoms with E-state index in [1.807, 2.05) is 57.6 Å². The zero-order valence-corrected chi connectivity index (χ0v) is 24.1. The van der Waals surface area contributed by atoms with Crippen molar-refractivity contribution in [2.24, 2.45) is 0 Å². The number of nitrogens with zero attached hydrogens (tertiary/aromatic N) is 7. The Bertz CT molecular complexity index is 2040. The van der Waals surface area contributed by atoms with Crippen LogP contribution < -0.4 is 17.0 Å². The van der Waals surface area contributed by atoms with E-state index in [0.29, 0.717) is 30.3 Å². The van der Waals surface area contributed by atoms with Gasteiger partial charge in [-0.1, -0.05) is 67.0 Å². The van der Waals surface area contributed by atoms with Gasteiger partial charge in [0.05, 0.1) is 5.69 Å². The molecular weight excluding hydrogens is 562 g/mol. The van der Waals surface area contributed by atoms with Crippen molar-refractivity contribution in [2.75, 3.05) is 5.73 Å². The molecule has 1 aliphatic rings. The molecule has 0 aliphatic heterocycles. The van der Waals surface area contributed by atoms with E-state index < -0.39 is 5.76 Å². The fourth-order valence-electron chi connectivity index (χ4n) is 6.37. The lowest BCUT2D eigenvalue weighted by Crippen LogP contribution is -2.34. The number of rotatable bonds is 8. The second-order valence-corrected chi connectivity index (χ2v) is 11.2. The number of nitrogens with one attached hydrogen (secondary N) is 1. The Kier molecular flexibility index (Phi) is 7.12. The van der Waals surface area contributed by atoms with Crippen LogP contribution in [0.25, 0.3) is 28.3 Å². The average molecular weight is 594 g/mol. The van der Waals surface area contributed by atoms with Crippen LogP contribution in [-0.2, 0) is 12.8 Å². The number of hydrogen-bond acceptors (Lipinski definition) is 10. The van der Waals surface area contributed by atoms with Crippen LogP contribution in [0.4, 0.5) is 5.95 Å². The van der Waals surface area contributed by atoms with Crippen LogP contribution in [0.5, 0.6) is 0 Å². The predicted octanol–water partition coefficient (Wildman–Crippen LogP) is 4.31. The number of aromatic amines is 1. The van der Waals surface area contributed by atoms with Crippen LogP contribution in [-0.4, -0.2) is 39.4 Å². The number of anilines is 1. The summed E-state index contributed by atoms with van der Waals surface area (Å²) in [7, 11) is 0. The van der Waals surface area contributed by atoms with Crippen LogP contribution in [0.3, 0.4) is 0 Å². The molecule has 0 unspecified atom stereocenters. The number of H-pyrrole nitrogens is 1. The molecule has 0 amide bonds. The minimum Gasteiger partial charge on any atom is -0.365 e. The number of nitrogens with two attached hydrogens (primary N) is 1. The molecule has 0 spiro atoms. The Morgan fingerprint density at radius 3 is 2.43 bits per heavy atom. The highest BCUT2D eigenvalue weighted by atomic mass is 16.5. The Morgan fingerprint density at radius 2 is 1.75 bits per heavy atom. The van der Waals surface area contributed by atoms with Crippen molar-refractivity contribution in [1.29, 1.82) is 0 Å². The third-order valence-corrected chi connectivity index (χ3v) is 8.45. The summed E-state index contributed by atoms with van der Waals surface area (Å²) in [6.07, 6.45) is 6.70. The van der Waals surface area contributed by atoms with Gasteiger partial charge < -0.3 is 10.3 Å². The van der Waals surface area contributed by atoms with E-state index in [1.54, 1.807) is 0 Å². The van der Waals surface area contributed by atoms with E-state index >= 15 is 0 Å². The van der Waals surface area contributed by atoms with Gasteiger partial charge >= 0.3 is 5.76 Å². The third-order valence-electron chi connectivity index (χ3n) is 8.45. The Hall–Kier alpha value is -5.33. The number of nitrogen functional groups attached to an aromatic ring is 1. The first-order valence-corrected chi connectivity index (χ1v) is 14.8. The molecule has 1 saturated carbocycles. The Labute approximate surface area is 250 Å². The van der Waals surface area contributed by atoms with Gasteiger partial charge in [0.1, 0.15) is 6.33 Å². The molecule has 0 bridgehead atoms. The lowest BCUT2D eigenvalue weighted by molar-refractivity contribution is 0.270. The smallest absolute Gasteiger partial charge is 0.365 e. The summed E-state index contributed by atoms with van der Waals surface area (Å²) in [4.78, 5) is 37.2. The molecule has 2 aromatic carbocycles. The Balaban J connectivity index is 1.21. The molecule has 4 aromatic heterocycles. The van der Waals surface area contributed by atoms with E-state index in [0.717, 1.165) is 65.6 Å². The highest BCUT2D eigenvalue weighted by Gasteiger charge is 2.30. The SMILES string of the molecule is CCCc1c(Cc2ccc(-c3ccccc3-c3noc(=O)[nH]3)cc2)c(=O)n(C2CCC(c3nc(N)no3)CC2)c2ncnn12. The van der Waals surface area contributed by atoms with E-state index in [9.17, 15) is 9.59 Å². The summed E-state index contributed by atoms with van der Waals surface area (Å²) >= 11 is 0. The largest absolute Gasteiger partial charge is 0.439 e. The molecule has 13 nitrogen and oxygen atoms in total. The van der Waals surface area contributed by atoms with Crippen molar-refractivity contribution in [2.45, 2.75) is 63.8 Å². The van der Waals surface area contributed by atoms with E-state index in [4.69, 9.17) is 14.8 Å². The lowest BCUT2D eigenvalue weighted by atomic mass is 9.85. The second-order valence-electron chi connectivity index (χ2n) is 11.2. The molecule has 3 N–H and O–H groups in total. The Morgan fingerprint density at radius 1 is 0.977 bits per heavy atom. The standard InChI is InChI=1S/C31H31N9O4/c1-2-5-25-24(16-18-8-10-19(11-9-18)22-6-3-4-7-23(22)26-35-31(42)44-37-26)28(41)39(30-33-17-34-40(25)30)21-14-12-20(13-15-21)27-36-29(32)38-43-27/h3-4,6-11,17,20-21H,2,5,12-16H2,1H3,(H2,32,38)(H,35,37,42). The summed E-state index contributed by atoms with van der Waals surface area (Å²) in [5.74, 6) is 1.16. The predicted molar refractivity (Wildman–Crippen MR) is 161 cm³/mol. The van der Waals surface area contributed by atoms with Crippen molar-refractivity contribution in [3.63, 3.8) is 0 Å². The molecule has 7 rings (SSSR count). The van der Waals surface area contributed by atoms with Gasteiger partial charge in [0, 0.05) is 29.5 Å². The van der Waals surface area contributed by atoms with Crippen LogP contribution >= 0.6 is 0 Å². The first-order chi connectivity index (χ1) is 21.5. The van der Waals surface area contributed by atoms with Gasteiger partial charge in [0.25, 0.3) is 11.5 Å². The fourth-order valence-corrected chi connectivity index (χ4v) is 6.37. The molecule has 44 heavy (non-hydrogen) atoms. The second kappa shape index (κ2) is 11.4. The van der Waals surface area contributed by atoms with Crippen molar-refractivity contribution >= 4 is 11.7 Å². The third kappa shape index (κ3) is 4.99. The maximum Gasteiger partial charge on any atom is 0.439 e. The molecule has 1 fully saturated rings. The number of fused-ring (bicyclic) bond motifs is 1. The molecule has 4 heterocycles. The zero-order valence-electron chi connectivity index (χ0n) is 24.1. The zero-order chi connectivity index (χ0) is 30.2. The van der Waals surface area contributed by atoms with Crippen molar-refractivity contribution in [3.05, 3.63) is 98.5 Å². The summed E-state index contributed by atoms with van der Waals surface area (Å²) in [5.41, 5.74) is 10.9. The summed E-state index contributed by atoms with van der Waals surface area (Å²) in [5, 5.41) is 12.1. The normalized spacial score (nSPS) is 16.9. The highest BCUT2D eigenvalue weighted by Crippen LogP contribution is 2.38. The van der Waals surface area contributed by atoms with Crippen molar-refractivity contribution < 1.29 is 9.05 Å². The van der Waals surface area contributed by atoms with Gasteiger partial charge in [-0.15, -0.1) is 0 Å². The first kappa shape index (κ1) is 27.5. The minimum absolute atomic E-state index is 0.0242. The fraction of sp³-hybridized carbons (Fsp3) is 0.323. The highest BCUT2D eigenvalue weighted by molar-refractivity contribution is 5.80. The number of aromatic nitrogens is 8. The van der Waals surface area contributed by atoms with Crippen LogP contribution in [0.1, 0.15) is 73.7 Å². The minimum atomic E-state index is -0.604. The monoisotopic (exact) mass is 593 g/mol. The lowest BCUT2D eigenvalue weighted by Gasteiger charge is -2.29. The number of benzene rings is 2. The quantitative estimate of drug-likeness (QED) is 0.259. The van der Waals surface area contributed by atoms with Crippen LogP contribution in [0, 0.1) is 0 Å². The maximum absolute atomic E-state index is 14.3. The van der Waals surface area contributed by atoms with Crippen molar-refractivity contribution in [3.8, 4) is 22.5 Å². The maximum atomic E-state index is 14.3. The summed E-state index contributed by atoms with van der Waals surface area (Å²) < 4.78 is 13.7. The van der Waals surface area contributed by atoms with Crippen molar-refractivity contribution in [1.82, 2.24) is 39.4 Å². The van der Waals surface area contributed by atoms with Gasteiger partial charge in [-0.2, -0.15) is 15.1 Å². The van der Waals surface area contributed by atoms with E-state index in [-0.39, 0.29) is 23.5 Å². The topological polar surface area (TPSA) is 176 Å². The van der Waals surface area contributed by atoms with Gasteiger partial charge in [-0.05, 0) is 54.0 Å². The van der Waals surface area contributed by atoms with Crippen LogP contribution in [0.15, 0.2) is 73.5 Å². The van der Waals surface area contributed by atoms with Gasteiger partial charge in [0.2, 0.25) is 11.7 Å². The molecule has 0 saturated heterocycles. The summed E-state index contributed by atoms with van der Waals surface area (Å²) in [6.45, 7) is 2.10. The molecule has 6 aromatic rings. The van der Waals surface area contributed by atoms with E-state index in [2.05, 4.69) is 37.3 Å². The molecule has 1 aliphatic carbocycles. The molecule has 13 heteroatoms. The first-order valence-electron chi connectivity index (χ1n) is 14.8. The van der Waals surface area contributed by atoms with Gasteiger partial charge in [-0.25, -0.2) is 9.31 Å². The van der Waals surface area contributed by atoms with Gasteiger partial charge in [0.15, 0.2) is 5.82 Å². The molecule has 0 radical (unpaired) electrons. The summed E-state index contributed by atoms with van der Waals surface area (Å²) in [6, 6.07) is 15.7. The van der Waals surface area contributed by atoms with E-state index in [1.165, 1.54) is 6.33 Å². The van der Waals surface area contributed by atoms with Crippen LogP contribution in [0.2, 0.25) is 0 Å². The average Bonchev–Trinajstić information content (AvgIpc) is 3.81.